The lowest BCUT2D eigenvalue weighted by Crippen LogP contribution is -2.10. The number of hydrogen-bond donors (Lipinski definition) is 0. The molecule has 0 saturated carbocycles. The van der Waals surface area contributed by atoms with Crippen molar-refractivity contribution in [2.75, 3.05) is 14.2 Å². The summed E-state index contributed by atoms with van der Waals surface area (Å²) in [4.78, 5) is 25.4. The molecule has 0 N–H and O–H groups in total. The zero-order valence-corrected chi connectivity index (χ0v) is 17.7. The maximum Gasteiger partial charge on any atom is 0.343 e. The van der Waals surface area contributed by atoms with Crippen LogP contribution in [0.5, 0.6) is 28.7 Å². The second kappa shape index (κ2) is 8.85. The maximum absolute atomic E-state index is 13.0. The van der Waals surface area contributed by atoms with Gasteiger partial charge in [0.1, 0.15) is 34.3 Å². The normalized spacial score (nSPS) is 10.6. The van der Waals surface area contributed by atoms with Crippen molar-refractivity contribution < 1.29 is 28.2 Å². The molecule has 0 fully saturated rings. The van der Waals surface area contributed by atoms with E-state index in [2.05, 4.69) is 0 Å². The molecule has 0 aliphatic heterocycles. The maximum atomic E-state index is 13.0. The Labute approximate surface area is 183 Å². The van der Waals surface area contributed by atoms with Gasteiger partial charge in [0.2, 0.25) is 11.2 Å². The Balaban J connectivity index is 1.61. The third-order valence-corrected chi connectivity index (χ3v) is 4.78. The zero-order chi connectivity index (χ0) is 22.7. The molecule has 0 atom stereocenters. The van der Waals surface area contributed by atoms with Crippen molar-refractivity contribution in [1.29, 1.82) is 0 Å². The summed E-state index contributed by atoms with van der Waals surface area (Å²) in [6.45, 7) is 1.63. The molecule has 0 aliphatic carbocycles. The van der Waals surface area contributed by atoms with Crippen molar-refractivity contribution in [3.05, 3.63) is 88.3 Å². The number of hydrogen-bond acceptors (Lipinski definition) is 7. The summed E-state index contributed by atoms with van der Waals surface area (Å²) in [5.41, 5.74) is 0.315. The van der Waals surface area contributed by atoms with Gasteiger partial charge < -0.3 is 23.4 Å². The Morgan fingerprint density at radius 3 is 2.22 bits per heavy atom. The third kappa shape index (κ3) is 4.27. The van der Waals surface area contributed by atoms with E-state index in [1.54, 1.807) is 69.7 Å². The molecule has 3 aromatic carbocycles. The summed E-state index contributed by atoms with van der Waals surface area (Å²) in [5.74, 6) is 1.78. The van der Waals surface area contributed by atoms with Crippen LogP contribution >= 0.6 is 0 Å². The number of benzene rings is 3. The van der Waals surface area contributed by atoms with E-state index < -0.39 is 5.97 Å². The van der Waals surface area contributed by atoms with Gasteiger partial charge in [0.25, 0.3) is 0 Å². The second-order valence-corrected chi connectivity index (χ2v) is 6.87. The molecule has 0 amide bonds. The van der Waals surface area contributed by atoms with Gasteiger partial charge in [-0.3, -0.25) is 4.79 Å². The second-order valence-electron chi connectivity index (χ2n) is 6.87. The van der Waals surface area contributed by atoms with E-state index in [1.165, 1.54) is 18.2 Å². The summed E-state index contributed by atoms with van der Waals surface area (Å²) in [6.07, 6.45) is 0. The molecule has 1 aromatic heterocycles. The molecule has 0 bridgehead atoms. The highest BCUT2D eigenvalue weighted by atomic mass is 16.5. The van der Waals surface area contributed by atoms with Crippen molar-refractivity contribution in [1.82, 2.24) is 0 Å². The van der Waals surface area contributed by atoms with Crippen LogP contribution in [0.4, 0.5) is 0 Å². The monoisotopic (exact) mass is 432 g/mol. The predicted octanol–water partition coefficient (Wildman–Crippen LogP) is 5.13. The molecule has 0 saturated heterocycles. The van der Waals surface area contributed by atoms with Crippen LogP contribution in [-0.2, 0) is 0 Å². The quantitative estimate of drug-likeness (QED) is 0.308. The summed E-state index contributed by atoms with van der Waals surface area (Å²) in [6, 6.07) is 18.0. The Morgan fingerprint density at radius 2 is 1.50 bits per heavy atom. The minimum Gasteiger partial charge on any atom is -0.497 e. The Morgan fingerprint density at radius 1 is 0.812 bits per heavy atom. The number of esters is 1. The number of rotatable bonds is 6. The number of aryl methyl sites for hydroxylation is 1. The van der Waals surface area contributed by atoms with Gasteiger partial charge in [0.15, 0.2) is 0 Å². The van der Waals surface area contributed by atoms with E-state index in [1.807, 2.05) is 0 Å². The minimum atomic E-state index is -0.538. The molecule has 7 heteroatoms. The molecule has 0 spiro atoms. The molecule has 0 aliphatic rings. The van der Waals surface area contributed by atoms with Crippen LogP contribution in [0.1, 0.15) is 16.1 Å². The molecular formula is C25H20O7. The number of fused-ring (bicyclic) bond motifs is 1. The first-order chi connectivity index (χ1) is 15.5. The standard InChI is InChI=1S/C25H20O7/c1-15-24(31-19-6-4-5-18(13-19)29-3)23(26)21-12-11-20(14-22(21)30-15)32-25(27)16-7-9-17(28-2)10-8-16/h4-14H,1-3H3. The molecule has 4 aromatic rings. The average Bonchev–Trinajstić information content (AvgIpc) is 2.81. The number of methoxy groups -OCH3 is 2. The highest BCUT2D eigenvalue weighted by molar-refractivity contribution is 5.91. The Kier molecular flexibility index (Phi) is 5.81. The lowest BCUT2D eigenvalue weighted by atomic mass is 10.2. The van der Waals surface area contributed by atoms with E-state index in [-0.39, 0.29) is 22.5 Å². The van der Waals surface area contributed by atoms with E-state index >= 15 is 0 Å². The molecule has 162 valence electrons. The fourth-order valence-electron chi connectivity index (χ4n) is 3.13. The van der Waals surface area contributed by atoms with E-state index in [0.29, 0.717) is 34.0 Å². The number of ether oxygens (including phenoxy) is 4. The first-order valence-electron chi connectivity index (χ1n) is 9.74. The van der Waals surface area contributed by atoms with Crippen molar-refractivity contribution >= 4 is 16.9 Å². The largest absolute Gasteiger partial charge is 0.497 e. The van der Waals surface area contributed by atoms with Gasteiger partial charge in [-0.15, -0.1) is 0 Å². The van der Waals surface area contributed by atoms with Gasteiger partial charge in [0, 0.05) is 12.1 Å². The lowest BCUT2D eigenvalue weighted by molar-refractivity contribution is 0.0735. The highest BCUT2D eigenvalue weighted by Crippen LogP contribution is 2.29. The van der Waals surface area contributed by atoms with Gasteiger partial charge in [-0.25, -0.2) is 4.79 Å². The number of carbonyl (C=O) groups excluding carboxylic acids is 1. The van der Waals surface area contributed by atoms with Crippen molar-refractivity contribution in [2.45, 2.75) is 6.92 Å². The van der Waals surface area contributed by atoms with Gasteiger partial charge in [0.05, 0.1) is 25.2 Å². The van der Waals surface area contributed by atoms with Crippen molar-refractivity contribution in [3.8, 4) is 28.7 Å². The van der Waals surface area contributed by atoms with Crippen LogP contribution in [0.2, 0.25) is 0 Å². The van der Waals surface area contributed by atoms with E-state index in [9.17, 15) is 9.59 Å². The van der Waals surface area contributed by atoms with Crippen LogP contribution in [0.25, 0.3) is 11.0 Å². The molecule has 4 rings (SSSR count). The van der Waals surface area contributed by atoms with Gasteiger partial charge in [-0.2, -0.15) is 0 Å². The van der Waals surface area contributed by atoms with Crippen LogP contribution in [-0.4, -0.2) is 20.2 Å². The van der Waals surface area contributed by atoms with Gasteiger partial charge in [-0.05, 0) is 55.5 Å². The van der Waals surface area contributed by atoms with Gasteiger partial charge in [-0.1, -0.05) is 6.07 Å². The molecule has 7 nitrogen and oxygen atoms in total. The Hall–Kier alpha value is -4.26. The first-order valence-corrected chi connectivity index (χ1v) is 9.74. The summed E-state index contributed by atoms with van der Waals surface area (Å²) < 4.78 is 27.3. The van der Waals surface area contributed by atoms with Crippen LogP contribution in [0.3, 0.4) is 0 Å². The van der Waals surface area contributed by atoms with Crippen LogP contribution in [0, 0.1) is 6.92 Å². The Bertz CT molecular complexity index is 1340. The molecular weight excluding hydrogens is 412 g/mol. The van der Waals surface area contributed by atoms with Crippen LogP contribution in [0.15, 0.2) is 75.9 Å². The topological polar surface area (TPSA) is 84.2 Å². The third-order valence-electron chi connectivity index (χ3n) is 4.78. The molecule has 0 radical (unpaired) electrons. The smallest absolute Gasteiger partial charge is 0.343 e. The predicted molar refractivity (Wildman–Crippen MR) is 118 cm³/mol. The summed E-state index contributed by atoms with van der Waals surface area (Å²) >= 11 is 0. The highest BCUT2D eigenvalue weighted by Gasteiger charge is 2.16. The first kappa shape index (κ1) is 21.0. The molecule has 1 heterocycles. The van der Waals surface area contributed by atoms with E-state index in [0.717, 1.165) is 0 Å². The fraction of sp³-hybridized carbons (Fsp3) is 0.120. The zero-order valence-electron chi connectivity index (χ0n) is 17.7. The van der Waals surface area contributed by atoms with Crippen LogP contribution < -0.4 is 24.4 Å². The lowest BCUT2D eigenvalue weighted by Gasteiger charge is -2.10. The number of carbonyl (C=O) groups is 1. The van der Waals surface area contributed by atoms with E-state index in [4.69, 9.17) is 23.4 Å². The fourth-order valence-corrected chi connectivity index (χ4v) is 3.13. The molecule has 32 heavy (non-hydrogen) atoms. The SMILES string of the molecule is COc1ccc(C(=O)Oc2ccc3c(=O)c(Oc4cccc(OC)c4)c(C)oc3c2)cc1. The van der Waals surface area contributed by atoms with Crippen molar-refractivity contribution in [2.24, 2.45) is 0 Å². The molecule has 0 unspecified atom stereocenters. The van der Waals surface area contributed by atoms with Crippen molar-refractivity contribution in [3.63, 3.8) is 0 Å². The van der Waals surface area contributed by atoms with Gasteiger partial charge >= 0.3 is 5.97 Å². The summed E-state index contributed by atoms with van der Waals surface area (Å²) in [7, 11) is 3.10. The summed E-state index contributed by atoms with van der Waals surface area (Å²) in [5, 5.41) is 0.303. The average molecular weight is 432 g/mol. The minimum absolute atomic E-state index is 0.0775.